The predicted molar refractivity (Wildman–Crippen MR) is 116 cm³/mol. The fourth-order valence-corrected chi connectivity index (χ4v) is 6.86. The molecule has 29 heavy (non-hydrogen) atoms. The second-order valence-electron chi connectivity index (χ2n) is 10.8. The minimum absolute atomic E-state index is 0.0219. The molecule has 3 nitrogen and oxygen atoms in total. The zero-order chi connectivity index (χ0) is 20.6. The molecule has 1 saturated carbocycles. The van der Waals surface area contributed by atoms with Gasteiger partial charge in [0, 0.05) is 6.61 Å². The van der Waals surface area contributed by atoms with Crippen LogP contribution in [0.5, 0.6) is 0 Å². The van der Waals surface area contributed by atoms with E-state index in [-0.39, 0.29) is 22.9 Å². The fourth-order valence-electron chi connectivity index (χ4n) is 6.86. The Hall–Kier alpha value is -1.09. The molecule has 5 unspecified atom stereocenters. The van der Waals surface area contributed by atoms with Crippen LogP contribution in [-0.4, -0.2) is 25.3 Å². The average Bonchev–Trinajstić information content (AvgIpc) is 2.72. The molecular formula is C26H40O3. The van der Waals surface area contributed by atoms with E-state index in [9.17, 15) is 4.79 Å². The first-order valence-corrected chi connectivity index (χ1v) is 12.0. The first-order valence-electron chi connectivity index (χ1n) is 12.0. The summed E-state index contributed by atoms with van der Waals surface area (Å²) in [7, 11) is 0. The van der Waals surface area contributed by atoms with Gasteiger partial charge in [0.2, 0.25) is 0 Å². The van der Waals surface area contributed by atoms with Crippen LogP contribution in [-0.2, 0) is 14.3 Å². The molecule has 162 valence electrons. The van der Waals surface area contributed by atoms with E-state index >= 15 is 0 Å². The van der Waals surface area contributed by atoms with Gasteiger partial charge in [-0.15, -0.1) is 0 Å². The van der Waals surface area contributed by atoms with Crippen LogP contribution in [0.2, 0.25) is 0 Å². The highest BCUT2D eigenvalue weighted by Gasteiger charge is 2.57. The van der Waals surface area contributed by atoms with Gasteiger partial charge in [0.1, 0.15) is 6.61 Å². The molecule has 1 heterocycles. The lowest BCUT2D eigenvalue weighted by Gasteiger charge is -2.57. The standard InChI is InChI=1S/C26H40O3/c1-18(2)19-9-11-22-20(16-19)10-12-23-25(22,3)13-7-14-26(23,4)24(27)29-17-21-8-5-6-15-28-21/h10,16,18,21-23H,5-9,11-15,17H2,1-4H3. The third kappa shape index (κ3) is 3.84. The summed E-state index contributed by atoms with van der Waals surface area (Å²) in [6.45, 7) is 10.5. The van der Waals surface area contributed by atoms with Gasteiger partial charge in [0.25, 0.3) is 0 Å². The predicted octanol–water partition coefficient (Wildman–Crippen LogP) is 6.23. The number of allylic oxidation sites excluding steroid dienone is 4. The largest absolute Gasteiger partial charge is 0.463 e. The lowest BCUT2D eigenvalue weighted by Crippen LogP contribution is -2.53. The molecular weight excluding hydrogens is 360 g/mol. The van der Waals surface area contributed by atoms with Crippen LogP contribution >= 0.6 is 0 Å². The van der Waals surface area contributed by atoms with Crippen LogP contribution in [0, 0.1) is 28.6 Å². The van der Waals surface area contributed by atoms with E-state index in [4.69, 9.17) is 9.47 Å². The molecule has 3 aliphatic carbocycles. The number of hydrogen-bond acceptors (Lipinski definition) is 3. The molecule has 2 fully saturated rings. The summed E-state index contributed by atoms with van der Waals surface area (Å²) in [6, 6.07) is 0. The Labute approximate surface area is 177 Å². The maximum atomic E-state index is 13.4. The third-order valence-electron chi connectivity index (χ3n) is 8.72. The molecule has 0 bridgehead atoms. The van der Waals surface area contributed by atoms with Gasteiger partial charge in [0.05, 0.1) is 11.5 Å². The van der Waals surface area contributed by atoms with Gasteiger partial charge in [-0.3, -0.25) is 4.79 Å². The van der Waals surface area contributed by atoms with Crippen LogP contribution in [0.3, 0.4) is 0 Å². The summed E-state index contributed by atoms with van der Waals surface area (Å²) in [5, 5.41) is 0. The normalized spacial score (nSPS) is 39.8. The highest BCUT2D eigenvalue weighted by Crippen LogP contribution is 2.62. The maximum absolute atomic E-state index is 13.4. The van der Waals surface area contributed by atoms with Crippen molar-refractivity contribution in [2.24, 2.45) is 28.6 Å². The lowest BCUT2D eigenvalue weighted by atomic mass is 9.47. The lowest BCUT2D eigenvalue weighted by molar-refractivity contribution is -0.174. The molecule has 0 N–H and O–H groups in total. The summed E-state index contributed by atoms with van der Waals surface area (Å²) >= 11 is 0. The van der Waals surface area contributed by atoms with Gasteiger partial charge < -0.3 is 9.47 Å². The zero-order valence-corrected chi connectivity index (χ0v) is 19.0. The highest BCUT2D eigenvalue weighted by atomic mass is 16.6. The number of esters is 1. The highest BCUT2D eigenvalue weighted by molar-refractivity contribution is 5.77. The smallest absolute Gasteiger partial charge is 0.312 e. The first-order chi connectivity index (χ1) is 13.8. The van der Waals surface area contributed by atoms with Crippen LogP contribution in [0.25, 0.3) is 0 Å². The van der Waals surface area contributed by atoms with Crippen molar-refractivity contribution in [1.29, 1.82) is 0 Å². The Kier molecular flexibility index (Phi) is 5.99. The van der Waals surface area contributed by atoms with Gasteiger partial charge in [0.15, 0.2) is 0 Å². The minimum atomic E-state index is -0.369. The molecule has 0 spiro atoms. The van der Waals surface area contributed by atoms with E-state index in [1.54, 1.807) is 11.1 Å². The number of carbonyl (C=O) groups is 1. The SMILES string of the molecule is CC(C)C1=CC2=CCC3C(C)(C(=O)OCC4CCCCO4)CCCC3(C)C2CC1. The molecule has 1 aliphatic heterocycles. The van der Waals surface area contributed by atoms with E-state index in [2.05, 4.69) is 39.8 Å². The molecule has 5 atom stereocenters. The summed E-state index contributed by atoms with van der Waals surface area (Å²) in [5.74, 6) is 1.63. The molecule has 0 amide bonds. The Morgan fingerprint density at radius 1 is 1.21 bits per heavy atom. The average molecular weight is 401 g/mol. The summed E-state index contributed by atoms with van der Waals surface area (Å²) in [4.78, 5) is 13.4. The minimum Gasteiger partial charge on any atom is -0.463 e. The zero-order valence-electron chi connectivity index (χ0n) is 19.0. The molecule has 0 radical (unpaired) electrons. The van der Waals surface area contributed by atoms with Crippen molar-refractivity contribution < 1.29 is 14.3 Å². The van der Waals surface area contributed by atoms with Gasteiger partial charge >= 0.3 is 5.97 Å². The number of rotatable bonds is 4. The van der Waals surface area contributed by atoms with Crippen molar-refractivity contribution in [2.75, 3.05) is 13.2 Å². The van der Waals surface area contributed by atoms with E-state index in [0.29, 0.717) is 24.4 Å². The number of hydrogen-bond donors (Lipinski definition) is 0. The topological polar surface area (TPSA) is 35.5 Å². The van der Waals surface area contributed by atoms with Gasteiger partial charge in [-0.2, -0.15) is 0 Å². The first kappa shape index (κ1) is 21.2. The quantitative estimate of drug-likeness (QED) is 0.524. The van der Waals surface area contributed by atoms with Gasteiger partial charge in [-0.1, -0.05) is 44.9 Å². The van der Waals surface area contributed by atoms with Crippen LogP contribution in [0.15, 0.2) is 23.3 Å². The number of ether oxygens (including phenoxy) is 2. The molecule has 0 aromatic carbocycles. The van der Waals surface area contributed by atoms with Crippen LogP contribution in [0.1, 0.15) is 85.5 Å². The Bertz CT molecular complexity index is 684. The van der Waals surface area contributed by atoms with E-state index in [1.165, 1.54) is 25.7 Å². The molecule has 0 aromatic rings. The van der Waals surface area contributed by atoms with E-state index in [0.717, 1.165) is 38.7 Å². The summed E-state index contributed by atoms with van der Waals surface area (Å²) < 4.78 is 11.7. The molecule has 0 aromatic heterocycles. The molecule has 4 rings (SSSR count). The summed E-state index contributed by atoms with van der Waals surface area (Å²) in [5.41, 5.74) is 2.98. The van der Waals surface area contributed by atoms with Crippen molar-refractivity contribution in [3.63, 3.8) is 0 Å². The molecule has 3 heteroatoms. The Morgan fingerprint density at radius 3 is 2.76 bits per heavy atom. The number of carbonyl (C=O) groups excluding carboxylic acids is 1. The Morgan fingerprint density at radius 2 is 2.03 bits per heavy atom. The van der Waals surface area contributed by atoms with Crippen LogP contribution in [0.4, 0.5) is 0 Å². The second kappa shape index (κ2) is 8.21. The van der Waals surface area contributed by atoms with Crippen LogP contribution < -0.4 is 0 Å². The van der Waals surface area contributed by atoms with E-state index in [1.807, 2.05) is 0 Å². The Balaban J connectivity index is 1.52. The van der Waals surface area contributed by atoms with Gasteiger partial charge in [-0.25, -0.2) is 0 Å². The van der Waals surface area contributed by atoms with Gasteiger partial charge in [-0.05, 0) is 87.0 Å². The third-order valence-corrected chi connectivity index (χ3v) is 8.72. The summed E-state index contributed by atoms with van der Waals surface area (Å²) in [6.07, 6.45) is 15.2. The molecule has 1 saturated heterocycles. The van der Waals surface area contributed by atoms with Crippen molar-refractivity contribution in [3.8, 4) is 0 Å². The number of fused-ring (bicyclic) bond motifs is 3. The maximum Gasteiger partial charge on any atom is 0.312 e. The van der Waals surface area contributed by atoms with Crippen molar-refractivity contribution in [1.82, 2.24) is 0 Å². The fraction of sp³-hybridized carbons (Fsp3) is 0.808. The molecule has 4 aliphatic rings. The van der Waals surface area contributed by atoms with Crippen molar-refractivity contribution in [3.05, 3.63) is 23.3 Å². The van der Waals surface area contributed by atoms with Crippen molar-refractivity contribution >= 4 is 5.97 Å². The van der Waals surface area contributed by atoms with E-state index < -0.39 is 0 Å². The second-order valence-corrected chi connectivity index (χ2v) is 10.8. The van der Waals surface area contributed by atoms with Crippen molar-refractivity contribution in [2.45, 2.75) is 91.6 Å². The monoisotopic (exact) mass is 400 g/mol.